The van der Waals surface area contributed by atoms with Crippen LogP contribution in [0.15, 0.2) is 29.2 Å². The second-order valence-electron chi connectivity index (χ2n) is 8.24. The molecule has 5 nitrogen and oxygen atoms in total. The number of benzene rings is 1. The maximum atomic E-state index is 12.8. The van der Waals surface area contributed by atoms with Gasteiger partial charge in [0.2, 0.25) is 15.9 Å². The standard InChI is InChI=1S/C20H28N2O3S/c1-15-2-6-19(7-3-15)26(24,25)22-10-8-21(9-11-22)20(23)14-18-13-16-4-5-17(18)12-16/h2-3,6-7,16-18H,4-5,8-14H2,1H3/t16-,17-,18-/m1/s1. The number of hydrogen-bond donors (Lipinski definition) is 0. The van der Waals surface area contributed by atoms with E-state index in [1.54, 1.807) is 12.1 Å². The lowest BCUT2D eigenvalue weighted by atomic mass is 9.86. The summed E-state index contributed by atoms with van der Waals surface area (Å²) in [5.74, 6) is 2.40. The monoisotopic (exact) mass is 376 g/mol. The quantitative estimate of drug-likeness (QED) is 0.812. The summed E-state index contributed by atoms with van der Waals surface area (Å²) in [5.41, 5.74) is 1.04. The van der Waals surface area contributed by atoms with Crippen molar-refractivity contribution in [3.8, 4) is 0 Å². The van der Waals surface area contributed by atoms with E-state index in [2.05, 4.69) is 0 Å². The van der Waals surface area contributed by atoms with Gasteiger partial charge in [0.15, 0.2) is 0 Å². The molecule has 1 aliphatic heterocycles. The van der Waals surface area contributed by atoms with Gasteiger partial charge in [-0.05, 0) is 56.1 Å². The van der Waals surface area contributed by atoms with Gasteiger partial charge < -0.3 is 4.90 Å². The molecule has 1 aromatic rings. The van der Waals surface area contributed by atoms with Gasteiger partial charge in [-0.3, -0.25) is 4.79 Å². The number of aryl methyl sites for hydroxylation is 1. The van der Waals surface area contributed by atoms with Crippen molar-refractivity contribution in [1.29, 1.82) is 0 Å². The molecular weight excluding hydrogens is 348 g/mol. The van der Waals surface area contributed by atoms with Crippen LogP contribution in [0.5, 0.6) is 0 Å². The normalized spacial score (nSPS) is 29.3. The first-order valence-corrected chi connectivity index (χ1v) is 11.2. The fourth-order valence-corrected chi connectivity index (χ4v) is 6.44. The number of nitrogens with zero attached hydrogens (tertiary/aromatic N) is 2. The number of sulfonamides is 1. The predicted molar refractivity (Wildman–Crippen MR) is 100 cm³/mol. The molecule has 1 aromatic carbocycles. The maximum Gasteiger partial charge on any atom is 0.243 e. The Kier molecular flexibility index (Phi) is 4.82. The molecule has 3 fully saturated rings. The zero-order valence-electron chi connectivity index (χ0n) is 15.4. The van der Waals surface area contributed by atoms with Crippen LogP contribution in [-0.2, 0) is 14.8 Å². The Morgan fingerprint density at radius 1 is 1.04 bits per heavy atom. The lowest BCUT2D eigenvalue weighted by Crippen LogP contribution is -2.50. The fraction of sp³-hybridized carbons (Fsp3) is 0.650. The Bertz CT molecular complexity index is 767. The Morgan fingerprint density at radius 2 is 1.73 bits per heavy atom. The van der Waals surface area contributed by atoms with E-state index in [1.165, 1.54) is 30.0 Å². The second-order valence-corrected chi connectivity index (χ2v) is 10.2. The van der Waals surface area contributed by atoms with Crippen LogP contribution in [0, 0.1) is 24.7 Å². The Morgan fingerprint density at radius 3 is 2.31 bits per heavy atom. The first-order valence-electron chi connectivity index (χ1n) is 9.78. The fourth-order valence-electron chi connectivity index (χ4n) is 5.02. The van der Waals surface area contributed by atoms with E-state index < -0.39 is 10.0 Å². The Hall–Kier alpha value is -1.40. The molecule has 0 spiro atoms. The van der Waals surface area contributed by atoms with Gasteiger partial charge in [0.1, 0.15) is 0 Å². The lowest BCUT2D eigenvalue weighted by molar-refractivity contribution is -0.133. The number of carbonyl (C=O) groups excluding carboxylic acids is 1. The van der Waals surface area contributed by atoms with E-state index in [0.29, 0.717) is 43.4 Å². The number of carbonyl (C=O) groups is 1. The van der Waals surface area contributed by atoms with Crippen molar-refractivity contribution in [2.45, 2.75) is 43.9 Å². The van der Waals surface area contributed by atoms with Crippen LogP contribution in [-0.4, -0.2) is 49.7 Å². The van der Waals surface area contributed by atoms with E-state index in [0.717, 1.165) is 17.4 Å². The molecular formula is C20H28N2O3S. The molecule has 3 atom stereocenters. The summed E-state index contributed by atoms with van der Waals surface area (Å²) in [5, 5.41) is 0. The molecule has 1 saturated heterocycles. The average Bonchev–Trinajstić information content (AvgIpc) is 3.25. The van der Waals surface area contributed by atoms with Gasteiger partial charge in [0.05, 0.1) is 4.90 Å². The first kappa shape index (κ1) is 18.0. The summed E-state index contributed by atoms with van der Waals surface area (Å²) < 4.78 is 27.0. The third-order valence-corrected chi connectivity index (χ3v) is 8.48. The third-order valence-electron chi connectivity index (χ3n) is 6.57. The Balaban J connectivity index is 1.33. The van der Waals surface area contributed by atoms with Crippen molar-refractivity contribution in [3.05, 3.63) is 29.8 Å². The smallest absolute Gasteiger partial charge is 0.243 e. The summed E-state index contributed by atoms with van der Waals surface area (Å²) >= 11 is 0. The van der Waals surface area contributed by atoms with Crippen molar-refractivity contribution < 1.29 is 13.2 Å². The van der Waals surface area contributed by atoms with Crippen LogP contribution in [0.1, 0.15) is 37.7 Å². The van der Waals surface area contributed by atoms with Crippen molar-refractivity contribution >= 4 is 15.9 Å². The van der Waals surface area contributed by atoms with Crippen molar-refractivity contribution in [1.82, 2.24) is 9.21 Å². The van der Waals surface area contributed by atoms with Gasteiger partial charge in [-0.2, -0.15) is 4.31 Å². The molecule has 26 heavy (non-hydrogen) atoms. The van der Waals surface area contributed by atoms with Crippen LogP contribution in [0.25, 0.3) is 0 Å². The van der Waals surface area contributed by atoms with Crippen molar-refractivity contribution in [2.24, 2.45) is 17.8 Å². The highest BCUT2D eigenvalue weighted by atomic mass is 32.2. The van der Waals surface area contributed by atoms with Gasteiger partial charge in [0, 0.05) is 32.6 Å². The first-order chi connectivity index (χ1) is 12.4. The largest absolute Gasteiger partial charge is 0.340 e. The van der Waals surface area contributed by atoms with E-state index in [9.17, 15) is 13.2 Å². The number of piperazine rings is 1. The second kappa shape index (κ2) is 6.97. The average molecular weight is 377 g/mol. The molecule has 3 aliphatic rings. The molecule has 4 rings (SSSR count). The maximum absolute atomic E-state index is 12.8. The molecule has 2 aliphatic carbocycles. The number of amides is 1. The van der Waals surface area contributed by atoms with Gasteiger partial charge in [-0.25, -0.2) is 8.42 Å². The Labute approximate surface area is 156 Å². The molecule has 2 saturated carbocycles. The van der Waals surface area contributed by atoms with E-state index >= 15 is 0 Å². The minimum absolute atomic E-state index is 0.218. The van der Waals surface area contributed by atoms with Crippen LogP contribution in [0.3, 0.4) is 0 Å². The van der Waals surface area contributed by atoms with Crippen molar-refractivity contribution in [2.75, 3.05) is 26.2 Å². The number of rotatable bonds is 4. The van der Waals surface area contributed by atoms with E-state index in [-0.39, 0.29) is 5.91 Å². The van der Waals surface area contributed by atoms with Gasteiger partial charge in [-0.15, -0.1) is 0 Å². The summed E-state index contributed by atoms with van der Waals surface area (Å²) in [6.07, 6.45) is 5.85. The third kappa shape index (κ3) is 3.41. The van der Waals surface area contributed by atoms with Crippen LogP contribution in [0.2, 0.25) is 0 Å². The van der Waals surface area contributed by atoms with E-state index in [1.807, 2.05) is 24.0 Å². The van der Waals surface area contributed by atoms with Gasteiger partial charge in [0.25, 0.3) is 0 Å². The highest BCUT2D eigenvalue weighted by molar-refractivity contribution is 7.89. The minimum Gasteiger partial charge on any atom is -0.340 e. The molecule has 6 heteroatoms. The zero-order valence-corrected chi connectivity index (χ0v) is 16.2. The summed E-state index contributed by atoms with van der Waals surface area (Å²) in [4.78, 5) is 14.9. The molecule has 1 amide bonds. The minimum atomic E-state index is -3.46. The molecule has 0 radical (unpaired) electrons. The highest BCUT2D eigenvalue weighted by Gasteiger charge is 2.41. The summed E-state index contributed by atoms with van der Waals surface area (Å²) in [6, 6.07) is 6.97. The molecule has 0 unspecified atom stereocenters. The highest BCUT2D eigenvalue weighted by Crippen LogP contribution is 2.49. The van der Waals surface area contributed by atoms with Gasteiger partial charge >= 0.3 is 0 Å². The predicted octanol–water partition coefficient (Wildman–Crippen LogP) is 2.65. The summed E-state index contributed by atoms with van der Waals surface area (Å²) in [6.45, 7) is 3.73. The van der Waals surface area contributed by atoms with Crippen LogP contribution >= 0.6 is 0 Å². The topological polar surface area (TPSA) is 57.7 Å². The molecule has 2 bridgehead atoms. The number of fused-ring (bicyclic) bond motifs is 2. The molecule has 0 N–H and O–H groups in total. The molecule has 1 heterocycles. The van der Waals surface area contributed by atoms with Crippen LogP contribution in [0.4, 0.5) is 0 Å². The lowest BCUT2D eigenvalue weighted by Gasteiger charge is -2.35. The van der Waals surface area contributed by atoms with E-state index in [4.69, 9.17) is 0 Å². The van der Waals surface area contributed by atoms with Gasteiger partial charge in [-0.1, -0.05) is 24.1 Å². The SMILES string of the molecule is Cc1ccc(S(=O)(=O)N2CCN(C(=O)C[C@H]3C[C@@H]4CC[C@@H]3C4)CC2)cc1. The zero-order chi connectivity index (χ0) is 18.3. The van der Waals surface area contributed by atoms with Crippen LogP contribution < -0.4 is 0 Å². The molecule has 142 valence electrons. The van der Waals surface area contributed by atoms with Crippen molar-refractivity contribution in [3.63, 3.8) is 0 Å². The molecule has 0 aromatic heterocycles. The number of hydrogen-bond acceptors (Lipinski definition) is 3. The summed E-state index contributed by atoms with van der Waals surface area (Å²) in [7, 11) is -3.46.